The van der Waals surface area contributed by atoms with E-state index in [2.05, 4.69) is 31.2 Å². The lowest BCUT2D eigenvalue weighted by Crippen LogP contribution is -2.42. The van der Waals surface area contributed by atoms with Gasteiger partial charge in [-0.05, 0) is 31.2 Å². The first-order valence-corrected chi connectivity index (χ1v) is 6.57. The van der Waals surface area contributed by atoms with Gasteiger partial charge in [0, 0.05) is 17.8 Å². The van der Waals surface area contributed by atoms with Crippen LogP contribution in [0, 0.1) is 0 Å². The van der Waals surface area contributed by atoms with Crippen molar-refractivity contribution < 1.29 is 4.79 Å². The summed E-state index contributed by atoms with van der Waals surface area (Å²) in [4.78, 5) is 14.2. The number of piperidine rings is 1. The second-order valence-corrected chi connectivity index (χ2v) is 5.00. The maximum absolute atomic E-state index is 12.2. The van der Waals surface area contributed by atoms with Crippen LogP contribution in [0.3, 0.4) is 0 Å². The molecule has 1 aliphatic rings. The first-order chi connectivity index (χ1) is 8.77. The number of hydrogen-bond donors (Lipinski definition) is 0. The normalized spacial score (nSPS) is 20.4. The third-order valence-electron chi connectivity index (χ3n) is 3.75. The van der Waals surface area contributed by atoms with E-state index in [0.29, 0.717) is 12.5 Å². The average molecular weight is 239 g/mol. The Kier molecular flexibility index (Phi) is 2.78. The fraction of sp³-hybridized carbons (Fsp3) is 0.312. The number of amides is 1. The maximum atomic E-state index is 12.2. The first-order valence-electron chi connectivity index (χ1n) is 6.57. The third kappa shape index (κ3) is 1.78. The van der Waals surface area contributed by atoms with Gasteiger partial charge in [0.25, 0.3) is 0 Å². The second kappa shape index (κ2) is 4.45. The van der Waals surface area contributed by atoms with E-state index < -0.39 is 0 Å². The Morgan fingerprint density at radius 3 is 2.72 bits per heavy atom. The van der Waals surface area contributed by atoms with Crippen molar-refractivity contribution in [2.45, 2.75) is 32.2 Å². The van der Waals surface area contributed by atoms with E-state index in [9.17, 15) is 4.79 Å². The molecule has 18 heavy (non-hydrogen) atoms. The number of benzene rings is 2. The van der Waals surface area contributed by atoms with E-state index in [-0.39, 0.29) is 5.91 Å². The van der Waals surface area contributed by atoms with Gasteiger partial charge in [-0.15, -0.1) is 0 Å². The number of carbonyl (C=O) groups is 1. The van der Waals surface area contributed by atoms with Crippen LogP contribution in [0.25, 0.3) is 10.8 Å². The Hall–Kier alpha value is -1.83. The highest BCUT2D eigenvalue weighted by Gasteiger charge is 2.26. The average Bonchev–Trinajstić information content (AvgIpc) is 2.39. The van der Waals surface area contributed by atoms with Crippen molar-refractivity contribution in [1.82, 2.24) is 0 Å². The van der Waals surface area contributed by atoms with Crippen LogP contribution in [0.1, 0.15) is 26.2 Å². The zero-order chi connectivity index (χ0) is 12.5. The molecular formula is C16H17NO. The first kappa shape index (κ1) is 11.3. The summed E-state index contributed by atoms with van der Waals surface area (Å²) in [6, 6.07) is 14.7. The Balaban J connectivity index is 2.16. The Morgan fingerprint density at radius 1 is 1.11 bits per heavy atom. The van der Waals surface area contributed by atoms with Crippen LogP contribution < -0.4 is 4.90 Å². The minimum atomic E-state index is 0.255. The summed E-state index contributed by atoms with van der Waals surface area (Å²) >= 11 is 0. The summed E-state index contributed by atoms with van der Waals surface area (Å²) < 4.78 is 0. The van der Waals surface area contributed by atoms with Gasteiger partial charge in [0.1, 0.15) is 0 Å². The Bertz CT molecular complexity index is 585. The molecule has 0 saturated carbocycles. The molecule has 1 saturated heterocycles. The summed E-state index contributed by atoms with van der Waals surface area (Å²) in [6.45, 7) is 2.14. The fourth-order valence-electron chi connectivity index (χ4n) is 2.83. The molecule has 2 heteroatoms. The fourth-order valence-corrected chi connectivity index (χ4v) is 2.83. The largest absolute Gasteiger partial charge is 0.309 e. The maximum Gasteiger partial charge on any atom is 0.227 e. The van der Waals surface area contributed by atoms with Crippen molar-refractivity contribution in [2.24, 2.45) is 0 Å². The van der Waals surface area contributed by atoms with Gasteiger partial charge in [-0.2, -0.15) is 0 Å². The number of anilines is 1. The molecule has 0 aromatic heterocycles. The molecule has 3 rings (SSSR count). The molecule has 0 aliphatic carbocycles. The van der Waals surface area contributed by atoms with E-state index in [1.165, 1.54) is 10.8 Å². The van der Waals surface area contributed by atoms with Gasteiger partial charge in [-0.1, -0.05) is 36.4 Å². The Labute approximate surface area is 107 Å². The zero-order valence-electron chi connectivity index (χ0n) is 10.6. The van der Waals surface area contributed by atoms with E-state index in [1.54, 1.807) is 0 Å². The predicted molar refractivity (Wildman–Crippen MR) is 74.7 cm³/mol. The molecule has 0 radical (unpaired) electrons. The van der Waals surface area contributed by atoms with Gasteiger partial charge in [-0.25, -0.2) is 0 Å². The number of carbonyl (C=O) groups excluding carboxylic acids is 1. The Morgan fingerprint density at radius 2 is 1.89 bits per heavy atom. The number of nitrogens with zero attached hydrogens (tertiary/aromatic N) is 1. The van der Waals surface area contributed by atoms with E-state index >= 15 is 0 Å². The molecule has 1 amide bonds. The highest BCUT2D eigenvalue weighted by molar-refractivity contribution is 6.04. The number of rotatable bonds is 1. The molecule has 2 aromatic rings. The quantitative estimate of drug-likeness (QED) is 0.742. The molecular weight excluding hydrogens is 222 g/mol. The number of hydrogen-bond acceptors (Lipinski definition) is 1. The van der Waals surface area contributed by atoms with Crippen LogP contribution in [0.4, 0.5) is 5.69 Å². The molecule has 1 unspecified atom stereocenters. The summed E-state index contributed by atoms with van der Waals surface area (Å²) in [6.07, 6.45) is 2.78. The van der Waals surface area contributed by atoms with Crippen molar-refractivity contribution in [3.63, 3.8) is 0 Å². The van der Waals surface area contributed by atoms with E-state index in [4.69, 9.17) is 0 Å². The van der Waals surface area contributed by atoms with Gasteiger partial charge in [0.15, 0.2) is 0 Å². The van der Waals surface area contributed by atoms with Gasteiger partial charge < -0.3 is 4.90 Å². The lowest BCUT2D eigenvalue weighted by atomic mass is 10.00. The molecule has 2 nitrogen and oxygen atoms in total. The van der Waals surface area contributed by atoms with Crippen LogP contribution in [-0.2, 0) is 4.79 Å². The van der Waals surface area contributed by atoms with Crippen molar-refractivity contribution >= 4 is 22.4 Å². The third-order valence-corrected chi connectivity index (χ3v) is 3.75. The molecule has 92 valence electrons. The van der Waals surface area contributed by atoms with Crippen LogP contribution in [0.15, 0.2) is 42.5 Å². The summed E-state index contributed by atoms with van der Waals surface area (Å²) in [7, 11) is 0. The van der Waals surface area contributed by atoms with E-state index in [0.717, 1.165) is 18.5 Å². The van der Waals surface area contributed by atoms with Gasteiger partial charge in [0.2, 0.25) is 5.91 Å². The zero-order valence-corrected chi connectivity index (χ0v) is 10.6. The monoisotopic (exact) mass is 239 g/mol. The van der Waals surface area contributed by atoms with Crippen molar-refractivity contribution in [2.75, 3.05) is 4.90 Å². The molecule has 0 bridgehead atoms. The molecule has 1 fully saturated rings. The smallest absolute Gasteiger partial charge is 0.227 e. The van der Waals surface area contributed by atoms with Crippen molar-refractivity contribution in [3.05, 3.63) is 42.5 Å². The molecule has 1 aliphatic heterocycles. The minimum Gasteiger partial charge on any atom is -0.309 e. The topological polar surface area (TPSA) is 20.3 Å². The van der Waals surface area contributed by atoms with E-state index in [1.807, 2.05) is 23.1 Å². The van der Waals surface area contributed by atoms with Crippen LogP contribution in [0.2, 0.25) is 0 Å². The lowest BCUT2D eigenvalue weighted by molar-refractivity contribution is -0.120. The van der Waals surface area contributed by atoms with Gasteiger partial charge in [0.05, 0.1) is 5.69 Å². The summed E-state index contributed by atoms with van der Waals surface area (Å²) in [5.41, 5.74) is 1.06. The SMILES string of the molecule is CC1CCCC(=O)N1c1cccc2ccccc12. The highest BCUT2D eigenvalue weighted by atomic mass is 16.2. The predicted octanol–water partition coefficient (Wildman–Crippen LogP) is 3.75. The van der Waals surface area contributed by atoms with Crippen LogP contribution in [0.5, 0.6) is 0 Å². The molecule has 1 atom stereocenters. The molecule has 0 N–H and O–H groups in total. The minimum absolute atomic E-state index is 0.255. The van der Waals surface area contributed by atoms with Crippen molar-refractivity contribution in [3.8, 4) is 0 Å². The molecule has 0 spiro atoms. The molecule has 2 aromatic carbocycles. The van der Waals surface area contributed by atoms with Crippen LogP contribution in [-0.4, -0.2) is 11.9 Å². The molecule has 1 heterocycles. The summed E-state index contributed by atoms with van der Waals surface area (Å²) in [5, 5.41) is 2.36. The van der Waals surface area contributed by atoms with Gasteiger partial charge in [-0.3, -0.25) is 4.79 Å². The van der Waals surface area contributed by atoms with Crippen molar-refractivity contribution in [1.29, 1.82) is 0 Å². The number of fused-ring (bicyclic) bond motifs is 1. The second-order valence-electron chi connectivity index (χ2n) is 5.00. The van der Waals surface area contributed by atoms with Crippen LogP contribution >= 0.6 is 0 Å². The highest BCUT2D eigenvalue weighted by Crippen LogP contribution is 2.31. The lowest BCUT2D eigenvalue weighted by Gasteiger charge is -2.34. The standard InChI is InChI=1S/C16H17NO/c1-12-6-4-11-16(18)17(12)15-10-5-8-13-7-2-3-9-14(13)15/h2-3,5,7-10,12H,4,6,11H2,1H3. The summed E-state index contributed by atoms with van der Waals surface area (Å²) in [5.74, 6) is 0.255. The van der Waals surface area contributed by atoms with Gasteiger partial charge >= 0.3 is 0 Å².